The molecule has 1 atom stereocenters. The highest BCUT2D eigenvalue weighted by atomic mass is 35.5. The molecule has 0 amide bonds. The van der Waals surface area contributed by atoms with Crippen molar-refractivity contribution in [3.63, 3.8) is 0 Å². The summed E-state index contributed by atoms with van der Waals surface area (Å²) in [6, 6.07) is 6.14. The normalized spacial score (nSPS) is 22.2. The molecular formula is C16H11ClF3N3O2. The van der Waals surface area contributed by atoms with Crippen LogP contribution in [0.2, 0.25) is 5.02 Å². The molecule has 2 heterocycles. The number of hydrogen-bond donors (Lipinski definition) is 0. The van der Waals surface area contributed by atoms with Gasteiger partial charge in [0.05, 0.1) is 7.11 Å². The first-order valence-corrected chi connectivity index (χ1v) is 7.41. The lowest BCUT2D eigenvalue weighted by Gasteiger charge is -2.35. The standard InChI is InChI=1S/C16H11ClF3N3O2/c1-25-14(24)15(16(18,19)20)21-12-7-2-3-8-23(12)13(22-15)10-5-4-6-11(17)9-10/h2-9H,1H3. The number of carbonyl (C=O) groups excluding carboxylic acids is 1. The SMILES string of the molecule is COC(=O)C1(C(F)(F)F)N=C2C=CC=CN2C(c2cccc(Cl)c2)=N1. The maximum atomic E-state index is 13.8. The van der Waals surface area contributed by atoms with E-state index in [0.29, 0.717) is 10.6 Å². The van der Waals surface area contributed by atoms with Crippen LogP contribution in [0.15, 0.2) is 58.7 Å². The zero-order chi connectivity index (χ0) is 18.2. The molecule has 0 bridgehead atoms. The molecule has 0 fully saturated rings. The Morgan fingerprint density at radius 2 is 2.04 bits per heavy atom. The van der Waals surface area contributed by atoms with Crippen molar-refractivity contribution in [3.05, 3.63) is 59.3 Å². The second-order valence-electron chi connectivity index (χ2n) is 5.15. The van der Waals surface area contributed by atoms with Crippen LogP contribution in [0.5, 0.6) is 0 Å². The zero-order valence-electron chi connectivity index (χ0n) is 12.8. The van der Waals surface area contributed by atoms with E-state index >= 15 is 0 Å². The van der Waals surface area contributed by atoms with Gasteiger partial charge in [0, 0.05) is 16.8 Å². The Balaban J connectivity index is 2.27. The topological polar surface area (TPSA) is 54.3 Å². The lowest BCUT2D eigenvalue weighted by molar-refractivity contribution is -0.202. The van der Waals surface area contributed by atoms with E-state index in [4.69, 9.17) is 11.6 Å². The van der Waals surface area contributed by atoms with E-state index in [1.165, 1.54) is 35.4 Å². The van der Waals surface area contributed by atoms with Gasteiger partial charge in [-0.25, -0.2) is 14.8 Å². The maximum Gasteiger partial charge on any atom is 0.445 e. The molecule has 0 radical (unpaired) electrons. The van der Waals surface area contributed by atoms with Crippen LogP contribution in [0, 0.1) is 0 Å². The molecule has 1 aromatic carbocycles. The molecule has 3 rings (SSSR count). The first kappa shape index (κ1) is 17.2. The lowest BCUT2D eigenvalue weighted by atomic mass is 10.1. The van der Waals surface area contributed by atoms with E-state index in [1.807, 2.05) is 0 Å². The van der Waals surface area contributed by atoms with E-state index in [-0.39, 0.29) is 11.7 Å². The number of rotatable bonds is 2. The van der Waals surface area contributed by atoms with Crippen LogP contribution in [0.1, 0.15) is 5.56 Å². The number of benzene rings is 1. The molecular weight excluding hydrogens is 359 g/mol. The smallest absolute Gasteiger partial charge is 0.445 e. The minimum atomic E-state index is -5.09. The number of amidine groups is 2. The number of carbonyl (C=O) groups is 1. The van der Waals surface area contributed by atoms with Gasteiger partial charge in [-0.3, -0.25) is 4.90 Å². The number of ether oxygens (including phenoxy) is 1. The van der Waals surface area contributed by atoms with Crippen LogP contribution in [0.4, 0.5) is 13.2 Å². The van der Waals surface area contributed by atoms with Crippen LogP contribution in [0.3, 0.4) is 0 Å². The van der Waals surface area contributed by atoms with Gasteiger partial charge in [0.1, 0.15) is 11.7 Å². The highest BCUT2D eigenvalue weighted by Crippen LogP contribution is 2.40. The number of nitrogens with zero attached hydrogens (tertiary/aromatic N) is 3. The Bertz CT molecular complexity index is 845. The highest BCUT2D eigenvalue weighted by molar-refractivity contribution is 6.31. The number of aliphatic imine (C=N–C) groups is 2. The van der Waals surface area contributed by atoms with Gasteiger partial charge in [-0.05, 0) is 24.3 Å². The summed E-state index contributed by atoms with van der Waals surface area (Å²) in [7, 11) is 0.855. The third-order valence-corrected chi connectivity index (χ3v) is 3.79. The van der Waals surface area contributed by atoms with Crippen molar-refractivity contribution in [1.29, 1.82) is 0 Å². The number of methoxy groups -OCH3 is 1. The predicted molar refractivity (Wildman–Crippen MR) is 86.3 cm³/mol. The number of halogens is 4. The fourth-order valence-corrected chi connectivity index (χ4v) is 2.60. The van der Waals surface area contributed by atoms with Gasteiger partial charge in [-0.1, -0.05) is 29.8 Å². The molecule has 0 saturated heterocycles. The fourth-order valence-electron chi connectivity index (χ4n) is 2.41. The van der Waals surface area contributed by atoms with Gasteiger partial charge >= 0.3 is 17.8 Å². The maximum absolute atomic E-state index is 13.8. The van der Waals surface area contributed by atoms with Gasteiger partial charge in [-0.2, -0.15) is 13.2 Å². The Kier molecular flexibility index (Phi) is 4.16. The molecule has 0 spiro atoms. The van der Waals surface area contributed by atoms with Crippen molar-refractivity contribution < 1.29 is 22.7 Å². The molecule has 25 heavy (non-hydrogen) atoms. The summed E-state index contributed by atoms with van der Waals surface area (Å²) in [5, 5.41) is 0.316. The third kappa shape index (κ3) is 2.82. The van der Waals surface area contributed by atoms with Gasteiger partial charge in [-0.15, -0.1) is 0 Å². The van der Waals surface area contributed by atoms with Crippen LogP contribution < -0.4 is 0 Å². The largest absolute Gasteiger partial charge is 0.465 e. The summed E-state index contributed by atoms with van der Waals surface area (Å²) in [5.41, 5.74) is -3.07. The summed E-state index contributed by atoms with van der Waals surface area (Å²) in [4.78, 5) is 20.6. The summed E-state index contributed by atoms with van der Waals surface area (Å²) < 4.78 is 45.6. The highest BCUT2D eigenvalue weighted by Gasteiger charge is 2.64. The number of alkyl halides is 3. The molecule has 9 heteroatoms. The number of allylic oxidation sites excluding steroid dienone is 2. The Hall–Kier alpha value is -2.61. The molecule has 5 nitrogen and oxygen atoms in total. The van der Waals surface area contributed by atoms with E-state index in [1.54, 1.807) is 18.2 Å². The van der Waals surface area contributed by atoms with Crippen LogP contribution >= 0.6 is 11.6 Å². The molecule has 2 aliphatic rings. The number of hydrogen-bond acceptors (Lipinski definition) is 5. The van der Waals surface area contributed by atoms with Crippen molar-refractivity contribution in [1.82, 2.24) is 4.90 Å². The lowest BCUT2D eigenvalue weighted by Crippen LogP contribution is -2.55. The monoisotopic (exact) mass is 369 g/mol. The van der Waals surface area contributed by atoms with Crippen LogP contribution in [0.25, 0.3) is 0 Å². The van der Waals surface area contributed by atoms with Gasteiger partial charge in [0.25, 0.3) is 0 Å². The van der Waals surface area contributed by atoms with E-state index in [0.717, 1.165) is 7.11 Å². The zero-order valence-corrected chi connectivity index (χ0v) is 13.5. The predicted octanol–water partition coefficient (Wildman–Crippen LogP) is 3.32. The van der Waals surface area contributed by atoms with Crippen molar-refractivity contribution in [2.24, 2.45) is 9.98 Å². The molecule has 130 valence electrons. The Labute approximate surface area is 145 Å². The first-order valence-electron chi connectivity index (χ1n) is 7.03. The minimum absolute atomic E-state index is 0.0878. The molecule has 0 N–H and O–H groups in total. The fraction of sp³-hybridized carbons (Fsp3) is 0.188. The average Bonchev–Trinajstić information content (AvgIpc) is 2.59. The van der Waals surface area contributed by atoms with Crippen molar-refractivity contribution in [3.8, 4) is 0 Å². The molecule has 2 aliphatic heterocycles. The van der Waals surface area contributed by atoms with E-state index in [9.17, 15) is 18.0 Å². The van der Waals surface area contributed by atoms with Crippen molar-refractivity contribution >= 4 is 29.2 Å². The molecule has 0 aliphatic carbocycles. The summed E-state index contributed by atoms with van der Waals surface area (Å²) >= 11 is 5.94. The minimum Gasteiger partial charge on any atom is -0.465 e. The van der Waals surface area contributed by atoms with Gasteiger partial charge in [0.2, 0.25) is 0 Å². The average molecular weight is 370 g/mol. The first-order chi connectivity index (χ1) is 11.8. The molecule has 1 unspecified atom stereocenters. The second kappa shape index (κ2) is 6.03. The van der Waals surface area contributed by atoms with Crippen molar-refractivity contribution in [2.75, 3.05) is 7.11 Å². The van der Waals surface area contributed by atoms with Crippen LogP contribution in [-0.4, -0.2) is 41.5 Å². The van der Waals surface area contributed by atoms with E-state index < -0.39 is 17.8 Å². The summed E-state index contributed by atoms with van der Waals surface area (Å²) in [5.74, 6) is -1.82. The number of esters is 1. The summed E-state index contributed by atoms with van der Waals surface area (Å²) in [6.45, 7) is 0. The van der Waals surface area contributed by atoms with Crippen molar-refractivity contribution in [2.45, 2.75) is 11.8 Å². The van der Waals surface area contributed by atoms with E-state index in [2.05, 4.69) is 14.7 Å². The quantitative estimate of drug-likeness (QED) is 0.751. The van der Waals surface area contributed by atoms with Gasteiger partial charge in [0.15, 0.2) is 0 Å². The summed E-state index contributed by atoms with van der Waals surface area (Å²) in [6.07, 6.45) is 0.878. The molecule has 1 aromatic rings. The second-order valence-corrected chi connectivity index (χ2v) is 5.58. The molecule has 0 aromatic heterocycles. The third-order valence-electron chi connectivity index (χ3n) is 3.56. The Morgan fingerprint density at radius 3 is 2.68 bits per heavy atom. The molecule has 0 saturated carbocycles. The Morgan fingerprint density at radius 1 is 1.28 bits per heavy atom. The number of fused-ring (bicyclic) bond motifs is 1. The van der Waals surface area contributed by atoms with Gasteiger partial charge < -0.3 is 4.74 Å². The van der Waals surface area contributed by atoms with Crippen LogP contribution in [-0.2, 0) is 9.53 Å².